The minimum Gasteiger partial charge on any atom is -0.506 e. The first kappa shape index (κ1) is 17.7. The molecule has 8 heteroatoms. The monoisotopic (exact) mass is 355 g/mol. The van der Waals surface area contributed by atoms with Gasteiger partial charge in [-0.2, -0.15) is 5.21 Å². The molecule has 0 saturated heterocycles. The number of aromatic amines is 1. The van der Waals surface area contributed by atoms with Crippen molar-refractivity contribution in [2.75, 3.05) is 13.2 Å². The number of rotatable bonds is 8. The Balaban J connectivity index is 1.95. The van der Waals surface area contributed by atoms with Crippen LogP contribution < -0.4 is 9.47 Å². The predicted molar refractivity (Wildman–Crippen MR) is 96.1 cm³/mol. The Labute approximate surface area is 151 Å². The van der Waals surface area contributed by atoms with E-state index in [1.165, 1.54) is 0 Å². The molecule has 0 saturated carbocycles. The van der Waals surface area contributed by atoms with Crippen molar-refractivity contribution in [3.05, 3.63) is 30.5 Å². The van der Waals surface area contributed by atoms with E-state index in [1.54, 1.807) is 12.3 Å². The zero-order valence-electron chi connectivity index (χ0n) is 14.8. The number of pyridine rings is 1. The van der Waals surface area contributed by atoms with Crippen LogP contribution in [-0.4, -0.2) is 43.9 Å². The summed E-state index contributed by atoms with van der Waals surface area (Å²) in [4.78, 5) is 4.27. The van der Waals surface area contributed by atoms with Crippen LogP contribution in [0, 0.1) is 0 Å². The Morgan fingerprint density at radius 2 is 1.88 bits per heavy atom. The summed E-state index contributed by atoms with van der Waals surface area (Å²) in [6, 6.07) is 7.26. The second-order valence-corrected chi connectivity index (χ2v) is 5.68. The Bertz CT molecular complexity index is 852. The molecule has 0 atom stereocenters. The maximum Gasteiger partial charge on any atom is 0.226 e. The first-order valence-corrected chi connectivity index (χ1v) is 8.55. The molecule has 0 aliphatic carbocycles. The van der Waals surface area contributed by atoms with E-state index in [4.69, 9.17) is 9.47 Å². The summed E-state index contributed by atoms with van der Waals surface area (Å²) in [6.45, 7) is 5.34. The fourth-order valence-corrected chi connectivity index (χ4v) is 2.42. The fraction of sp³-hybridized carbons (Fsp3) is 0.333. The lowest BCUT2D eigenvalue weighted by atomic mass is 10.1. The van der Waals surface area contributed by atoms with Gasteiger partial charge in [-0.3, -0.25) is 0 Å². The van der Waals surface area contributed by atoms with E-state index < -0.39 is 0 Å². The summed E-state index contributed by atoms with van der Waals surface area (Å²) in [5, 5.41) is 23.8. The van der Waals surface area contributed by atoms with Crippen molar-refractivity contribution in [1.82, 2.24) is 25.6 Å². The van der Waals surface area contributed by atoms with Crippen molar-refractivity contribution in [3.63, 3.8) is 0 Å². The van der Waals surface area contributed by atoms with Gasteiger partial charge in [0.1, 0.15) is 17.2 Å². The molecule has 136 valence electrons. The molecular weight excluding hydrogens is 334 g/mol. The van der Waals surface area contributed by atoms with E-state index >= 15 is 0 Å². The van der Waals surface area contributed by atoms with Crippen LogP contribution in [-0.2, 0) is 0 Å². The van der Waals surface area contributed by atoms with Gasteiger partial charge in [-0.05, 0) is 36.3 Å². The summed E-state index contributed by atoms with van der Waals surface area (Å²) < 4.78 is 11.6. The lowest BCUT2D eigenvalue weighted by molar-refractivity contribution is 0.302. The van der Waals surface area contributed by atoms with Gasteiger partial charge in [-0.1, -0.05) is 13.8 Å². The molecule has 3 aromatic rings. The largest absolute Gasteiger partial charge is 0.506 e. The zero-order chi connectivity index (χ0) is 18.4. The molecule has 2 aromatic heterocycles. The Hall–Kier alpha value is -3.16. The van der Waals surface area contributed by atoms with Gasteiger partial charge in [0.25, 0.3) is 0 Å². The summed E-state index contributed by atoms with van der Waals surface area (Å²) in [5.74, 6) is 1.65. The molecule has 26 heavy (non-hydrogen) atoms. The quantitative estimate of drug-likeness (QED) is 0.639. The third-order valence-corrected chi connectivity index (χ3v) is 3.62. The SMILES string of the molecule is CCCOc1ccc(-c2cnc(-c3nn[nH]n3)c(O)c2)c(OCCC)c1. The summed E-state index contributed by atoms with van der Waals surface area (Å²) in [5.41, 5.74) is 1.81. The molecular formula is C18H21N5O3. The highest BCUT2D eigenvalue weighted by Gasteiger charge is 2.15. The van der Waals surface area contributed by atoms with Gasteiger partial charge in [-0.25, -0.2) is 4.98 Å². The van der Waals surface area contributed by atoms with Crippen LogP contribution in [0.5, 0.6) is 17.2 Å². The number of nitrogens with zero attached hydrogens (tertiary/aromatic N) is 4. The third-order valence-electron chi connectivity index (χ3n) is 3.62. The maximum absolute atomic E-state index is 10.3. The minimum absolute atomic E-state index is 0.0309. The molecule has 3 rings (SSSR count). The number of nitrogens with one attached hydrogen (secondary N) is 1. The molecule has 0 spiro atoms. The molecule has 0 aliphatic heterocycles. The molecule has 0 amide bonds. The Kier molecular flexibility index (Phi) is 5.62. The standard InChI is InChI=1S/C18H21N5O3/c1-3-7-25-13-5-6-14(16(10-13)26-8-4-2)12-9-15(24)17(19-11-12)18-20-22-23-21-18/h5-6,9-11,24H,3-4,7-8H2,1-2H3,(H,20,21,22,23). The molecule has 0 aliphatic rings. The van der Waals surface area contributed by atoms with E-state index in [9.17, 15) is 5.11 Å². The van der Waals surface area contributed by atoms with Gasteiger partial charge < -0.3 is 14.6 Å². The summed E-state index contributed by atoms with van der Waals surface area (Å²) >= 11 is 0. The van der Waals surface area contributed by atoms with Crippen LogP contribution in [0.2, 0.25) is 0 Å². The predicted octanol–water partition coefficient (Wildman–Crippen LogP) is 3.21. The summed E-state index contributed by atoms with van der Waals surface area (Å²) in [6.07, 6.45) is 3.47. The smallest absolute Gasteiger partial charge is 0.226 e. The molecule has 1 aromatic carbocycles. The normalized spacial score (nSPS) is 10.7. The van der Waals surface area contributed by atoms with E-state index in [0.29, 0.717) is 19.0 Å². The molecule has 8 nitrogen and oxygen atoms in total. The van der Waals surface area contributed by atoms with Crippen LogP contribution in [0.3, 0.4) is 0 Å². The number of hydrogen-bond donors (Lipinski definition) is 2. The van der Waals surface area contributed by atoms with E-state index in [1.807, 2.05) is 25.1 Å². The average Bonchev–Trinajstić information content (AvgIpc) is 3.19. The fourth-order valence-electron chi connectivity index (χ4n) is 2.42. The van der Waals surface area contributed by atoms with Crippen LogP contribution in [0.4, 0.5) is 0 Å². The van der Waals surface area contributed by atoms with Crippen LogP contribution in [0.15, 0.2) is 30.5 Å². The molecule has 0 unspecified atom stereocenters. The van der Waals surface area contributed by atoms with Crippen LogP contribution >= 0.6 is 0 Å². The number of tetrazole rings is 1. The molecule has 0 fully saturated rings. The second kappa shape index (κ2) is 8.28. The number of benzene rings is 1. The van der Waals surface area contributed by atoms with Crippen molar-refractivity contribution in [1.29, 1.82) is 0 Å². The van der Waals surface area contributed by atoms with Crippen LogP contribution in [0.1, 0.15) is 26.7 Å². The first-order valence-electron chi connectivity index (χ1n) is 8.55. The molecule has 0 bridgehead atoms. The molecule has 2 heterocycles. The highest BCUT2D eigenvalue weighted by molar-refractivity contribution is 5.74. The molecule has 0 radical (unpaired) electrons. The highest BCUT2D eigenvalue weighted by atomic mass is 16.5. The van der Waals surface area contributed by atoms with Crippen molar-refractivity contribution in [2.45, 2.75) is 26.7 Å². The lowest BCUT2D eigenvalue weighted by Crippen LogP contribution is -2.00. The van der Waals surface area contributed by atoms with Crippen molar-refractivity contribution < 1.29 is 14.6 Å². The van der Waals surface area contributed by atoms with Gasteiger partial charge in [0, 0.05) is 23.4 Å². The summed E-state index contributed by atoms with van der Waals surface area (Å²) in [7, 11) is 0. The van der Waals surface area contributed by atoms with Gasteiger partial charge >= 0.3 is 0 Å². The Morgan fingerprint density at radius 1 is 1.08 bits per heavy atom. The van der Waals surface area contributed by atoms with Crippen molar-refractivity contribution in [2.24, 2.45) is 0 Å². The van der Waals surface area contributed by atoms with E-state index in [0.717, 1.165) is 29.7 Å². The van der Waals surface area contributed by atoms with Gasteiger partial charge in [0.15, 0.2) is 5.69 Å². The van der Waals surface area contributed by atoms with Crippen molar-refractivity contribution in [3.8, 4) is 39.9 Å². The van der Waals surface area contributed by atoms with E-state index in [2.05, 4.69) is 32.5 Å². The number of aromatic hydroxyl groups is 1. The van der Waals surface area contributed by atoms with Gasteiger partial charge in [0.2, 0.25) is 5.82 Å². The zero-order valence-corrected chi connectivity index (χ0v) is 14.8. The number of hydrogen-bond acceptors (Lipinski definition) is 7. The lowest BCUT2D eigenvalue weighted by Gasteiger charge is -2.14. The van der Waals surface area contributed by atoms with Gasteiger partial charge in [-0.15, -0.1) is 10.2 Å². The third kappa shape index (κ3) is 3.90. The van der Waals surface area contributed by atoms with E-state index in [-0.39, 0.29) is 17.3 Å². The first-order chi connectivity index (χ1) is 12.7. The maximum atomic E-state index is 10.3. The number of ether oxygens (including phenoxy) is 2. The topological polar surface area (TPSA) is 106 Å². The number of H-pyrrole nitrogens is 1. The Morgan fingerprint density at radius 3 is 2.58 bits per heavy atom. The van der Waals surface area contributed by atoms with Gasteiger partial charge in [0.05, 0.1) is 13.2 Å². The number of aromatic nitrogens is 5. The second-order valence-electron chi connectivity index (χ2n) is 5.68. The minimum atomic E-state index is -0.0309. The van der Waals surface area contributed by atoms with Crippen LogP contribution in [0.25, 0.3) is 22.6 Å². The average molecular weight is 355 g/mol. The van der Waals surface area contributed by atoms with Crippen molar-refractivity contribution >= 4 is 0 Å². The highest BCUT2D eigenvalue weighted by Crippen LogP contribution is 2.36. The molecule has 2 N–H and O–H groups in total.